The van der Waals surface area contributed by atoms with Crippen LogP contribution in [0, 0.1) is 5.82 Å². The Morgan fingerprint density at radius 3 is 2.50 bits per heavy atom. The van der Waals surface area contributed by atoms with Gasteiger partial charge in [-0.2, -0.15) is 0 Å². The van der Waals surface area contributed by atoms with Crippen LogP contribution < -0.4 is 10.6 Å². The molecule has 0 saturated heterocycles. The number of benzene rings is 1. The number of aliphatic imine (C=N–C) groups is 1. The first-order valence-electron chi connectivity index (χ1n) is 6.43. The average molecular weight is 301 g/mol. The van der Waals surface area contributed by atoms with E-state index in [9.17, 15) is 12.8 Å². The largest absolute Gasteiger partial charge is 0.356 e. The van der Waals surface area contributed by atoms with Crippen LogP contribution in [0.25, 0.3) is 0 Å². The highest BCUT2D eigenvalue weighted by atomic mass is 32.2. The van der Waals surface area contributed by atoms with E-state index in [1.54, 1.807) is 7.05 Å². The predicted molar refractivity (Wildman–Crippen MR) is 78.1 cm³/mol. The van der Waals surface area contributed by atoms with Gasteiger partial charge in [0.2, 0.25) is 0 Å². The molecule has 0 unspecified atom stereocenters. The van der Waals surface area contributed by atoms with Crippen molar-refractivity contribution in [3.63, 3.8) is 0 Å². The Balaban J connectivity index is 2.59. The lowest BCUT2D eigenvalue weighted by atomic mass is 10.3. The number of guanidine groups is 1. The van der Waals surface area contributed by atoms with Gasteiger partial charge >= 0.3 is 0 Å². The zero-order valence-electron chi connectivity index (χ0n) is 11.7. The van der Waals surface area contributed by atoms with E-state index in [-0.39, 0.29) is 17.2 Å². The Hall–Kier alpha value is -1.63. The predicted octanol–water partition coefficient (Wildman–Crippen LogP) is 1.17. The third kappa shape index (κ3) is 4.80. The molecule has 5 nitrogen and oxygen atoms in total. The van der Waals surface area contributed by atoms with Gasteiger partial charge in [-0.15, -0.1) is 0 Å². The van der Waals surface area contributed by atoms with Crippen molar-refractivity contribution in [3.8, 4) is 0 Å². The second kappa shape index (κ2) is 7.84. The fourth-order valence-electron chi connectivity index (χ4n) is 1.57. The van der Waals surface area contributed by atoms with Gasteiger partial charge in [0.05, 0.1) is 5.75 Å². The van der Waals surface area contributed by atoms with E-state index in [4.69, 9.17) is 0 Å². The second-order valence-corrected chi connectivity index (χ2v) is 6.25. The van der Waals surface area contributed by atoms with Gasteiger partial charge in [-0.3, -0.25) is 4.99 Å². The summed E-state index contributed by atoms with van der Waals surface area (Å²) in [7, 11) is -2.03. The molecule has 20 heavy (non-hydrogen) atoms. The minimum absolute atomic E-state index is 0.167. The molecule has 0 aromatic heterocycles. The van der Waals surface area contributed by atoms with E-state index in [2.05, 4.69) is 15.6 Å². The molecule has 0 heterocycles. The summed E-state index contributed by atoms with van der Waals surface area (Å²) in [5.41, 5.74) is 0. The van der Waals surface area contributed by atoms with Crippen LogP contribution in [0.3, 0.4) is 0 Å². The van der Waals surface area contributed by atoms with Gasteiger partial charge in [-0.05, 0) is 18.6 Å². The van der Waals surface area contributed by atoms with E-state index in [0.717, 1.165) is 19.0 Å². The third-order valence-corrected chi connectivity index (χ3v) is 4.34. The number of hydrogen-bond acceptors (Lipinski definition) is 3. The standard InChI is InChI=1S/C13H20FN3O2S/c1-3-8-16-13(15-2)17-9-10-20(18,19)12-7-5-4-6-11(12)14/h4-7H,3,8-10H2,1-2H3,(H2,15,16,17). The van der Waals surface area contributed by atoms with Gasteiger partial charge in [0.15, 0.2) is 15.8 Å². The molecule has 7 heteroatoms. The summed E-state index contributed by atoms with van der Waals surface area (Å²) in [4.78, 5) is 3.70. The number of halogens is 1. The van der Waals surface area contributed by atoms with E-state index >= 15 is 0 Å². The van der Waals surface area contributed by atoms with E-state index < -0.39 is 15.7 Å². The van der Waals surface area contributed by atoms with Crippen molar-refractivity contribution in [2.75, 3.05) is 25.9 Å². The highest BCUT2D eigenvalue weighted by Gasteiger charge is 2.18. The molecule has 0 aliphatic rings. The molecule has 0 amide bonds. The van der Waals surface area contributed by atoms with E-state index in [0.29, 0.717) is 5.96 Å². The summed E-state index contributed by atoms with van der Waals surface area (Å²) < 4.78 is 37.5. The maximum Gasteiger partial charge on any atom is 0.191 e. The summed E-state index contributed by atoms with van der Waals surface area (Å²) in [5.74, 6) is -0.377. The molecule has 0 atom stereocenters. The van der Waals surface area contributed by atoms with Crippen molar-refractivity contribution >= 4 is 15.8 Å². The molecule has 0 aliphatic carbocycles. The topological polar surface area (TPSA) is 70.6 Å². The van der Waals surface area contributed by atoms with Crippen LogP contribution in [-0.2, 0) is 9.84 Å². The maximum absolute atomic E-state index is 13.5. The van der Waals surface area contributed by atoms with Crippen LogP contribution in [0.2, 0.25) is 0 Å². The third-order valence-electron chi connectivity index (χ3n) is 2.60. The smallest absolute Gasteiger partial charge is 0.191 e. The molecule has 0 saturated carbocycles. The molecule has 0 fully saturated rings. The van der Waals surface area contributed by atoms with Crippen molar-refractivity contribution in [1.82, 2.24) is 10.6 Å². The maximum atomic E-state index is 13.5. The summed E-state index contributed by atoms with van der Waals surface area (Å²) in [6, 6.07) is 5.38. The molecular formula is C13H20FN3O2S. The van der Waals surface area contributed by atoms with Gasteiger partial charge in [0.25, 0.3) is 0 Å². The SMILES string of the molecule is CCCNC(=NC)NCCS(=O)(=O)c1ccccc1F. The monoisotopic (exact) mass is 301 g/mol. The molecule has 1 rings (SSSR count). The number of hydrogen-bond donors (Lipinski definition) is 2. The summed E-state index contributed by atoms with van der Waals surface area (Å²) >= 11 is 0. The number of nitrogens with zero attached hydrogens (tertiary/aromatic N) is 1. The van der Waals surface area contributed by atoms with Crippen LogP contribution in [0.5, 0.6) is 0 Å². The van der Waals surface area contributed by atoms with Crippen molar-refractivity contribution in [2.24, 2.45) is 4.99 Å². The summed E-state index contributed by atoms with van der Waals surface area (Å²) in [6.45, 7) is 2.93. The highest BCUT2D eigenvalue weighted by molar-refractivity contribution is 7.91. The van der Waals surface area contributed by atoms with Crippen molar-refractivity contribution in [1.29, 1.82) is 0 Å². The van der Waals surface area contributed by atoms with Gasteiger partial charge in [0, 0.05) is 20.1 Å². The van der Waals surface area contributed by atoms with Crippen LogP contribution in [-0.4, -0.2) is 40.3 Å². The molecule has 0 radical (unpaired) electrons. The minimum Gasteiger partial charge on any atom is -0.356 e. The van der Waals surface area contributed by atoms with Gasteiger partial charge in [0.1, 0.15) is 10.7 Å². The van der Waals surface area contributed by atoms with E-state index in [1.165, 1.54) is 18.2 Å². The molecule has 0 aliphatic heterocycles. The zero-order valence-corrected chi connectivity index (χ0v) is 12.5. The number of sulfone groups is 1. The highest BCUT2D eigenvalue weighted by Crippen LogP contribution is 2.14. The Morgan fingerprint density at radius 2 is 1.90 bits per heavy atom. The number of rotatable bonds is 6. The molecule has 0 spiro atoms. The first kappa shape index (κ1) is 16.4. The Bertz CT molecular complexity index is 558. The van der Waals surface area contributed by atoms with Crippen molar-refractivity contribution in [2.45, 2.75) is 18.2 Å². The van der Waals surface area contributed by atoms with E-state index in [1.807, 2.05) is 6.92 Å². The lowest BCUT2D eigenvalue weighted by Crippen LogP contribution is -2.39. The summed E-state index contributed by atoms with van der Waals surface area (Å²) in [5, 5.41) is 5.91. The van der Waals surface area contributed by atoms with Crippen LogP contribution in [0.1, 0.15) is 13.3 Å². The normalized spacial score (nSPS) is 12.2. The Kier molecular flexibility index (Phi) is 6.44. The molecular weight excluding hydrogens is 281 g/mol. The van der Waals surface area contributed by atoms with Crippen molar-refractivity contribution in [3.05, 3.63) is 30.1 Å². The molecule has 2 N–H and O–H groups in total. The number of nitrogens with one attached hydrogen (secondary N) is 2. The van der Waals surface area contributed by atoms with Crippen LogP contribution in [0.4, 0.5) is 4.39 Å². The Labute approximate surface area is 119 Å². The van der Waals surface area contributed by atoms with Gasteiger partial charge in [-0.25, -0.2) is 12.8 Å². The lowest BCUT2D eigenvalue weighted by Gasteiger charge is -2.11. The van der Waals surface area contributed by atoms with Gasteiger partial charge < -0.3 is 10.6 Å². The Morgan fingerprint density at radius 1 is 1.25 bits per heavy atom. The zero-order chi connectivity index (χ0) is 15.0. The fourth-order valence-corrected chi connectivity index (χ4v) is 2.82. The van der Waals surface area contributed by atoms with Gasteiger partial charge in [-0.1, -0.05) is 19.1 Å². The fraction of sp³-hybridized carbons (Fsp3) is 0.462. The quantitative estimate of drug-likeness (QED) is 0.611. The van der Waals surface area contributed by atoms with Crippen LogP contribution in [0.15, 0.2) is 34.2 Å². The van der Waals surface area contributed by atoms with Crippen molar-refractivity contribution < 1.29 is 12.8 Å². The minimum atomic E-state index is -3.64. The second-order valence-electron chi connectivity index (χ2n) is 4.18. The average Bonchev–Trinajstić information content (AvgIpc) is 2.42. The molecule has 1 aromatic carbocycles. The summed E-state index contributed by atoms with van der Waals surface area (Å²) in [6.07, 6.45) is 0.939. The molecule has 112 valence electrons. The lowest BCUT2D eigenvalue weighted by molar-refractivity contribution is 0.566. The first-order chi connectivity index (χ1) is 9.51. The first-order valence-corrected chi connectivity index (χ1v) is 8.08. The molecule has 0 bridgehead atoms. The van der Waals surface area contributed by atoms with Crippen LogP contribution >= 0.6 is 0 Å². The molecule has 1 aromatic rings.